The zero-order chi connectivity index (χ0) is 21.4. The van der Waals surface area contributed by atoms with Gasteiger partial charge < -0.3 is 14.8 Å². The lowest BCUT2D eigenvalue weighted by atomic mass is 10.1. The molecule has 0 heterocycles. The van der Waals surface area contributed by atoms with Gasteiger partial charge in [0.1, 0.15) is 5.75 Å². The number of ether oxygens (including phenoxy) is 2. The number of benzene rings is 2. The van der Waals surface area contributed by atoms with Crippen LogP contribution in [0.4, 0.5) is 14.5 Å². The van der Waals surface area contributed by atoms with Crippen molar-refractivity contribution in [3.05, 3.63) is 69.3 Å². The van der Waals surface area contributed by atoms with Crippen LogP contribution < -0.4 is 10.1 Å². The molecule has 0 aliphatic carbocycles. The third-order valence-corrected chi connectivity index (χ3v) is 3.86. The van der Waals surface area contributed by atoms with E-state index in [2.05, 4.69) is 10.1 Å². The summed E-state index contributed by atoms with van der Waals surface area (Å²) in [5, 5.41) is 13.5. The lowest BCUT2D eigenvalue weighted by Crippen LogP contribution is -2.30. The van der Waals surface area contributed by atoms with E-state index in [1.807, 2.05) is 0 Å². The molecule has 0 unspecified atom stereocenters. The molecule has 1 amide bonds. The molecular weight excluding hydrogens is 390 g/mol. The van der Waals surface area contributed by atoms with Crippen molar-refractivity contribution in [2.45, 2.75) is 20.0 Å². The van der Waals surface area contributed by atoms with Crippen molar-refractivity contribution in [3.8, 4) is 5.75 Å². The number of hydrogen-bond acceptors (Lipinski definition) is 6. The number of nitrogens with zero attached hydrogens (tertiary/aromatic N) is 1. The Hall–Kier alpha value is -3.56. The van der Waals surface area contributed by atoms with Crippen LogP contribution in [0.5, 0.6) is 5.75 Å². The van der Waals surface area contributed by atoms with Gasteiger partial charge in [0.15, 0.2) is 6.61 Å². The Morgan fingerprint density at radius 2 is 1.86 bits per heavy atom. The minimum atomic E-state index is -2.89. The first-order valence-electron chi connectivity index (χ1n) is 8.49. The summed E-state index contributed by atoms with van der Waals surface area (Å²) in [6.07, 6.45) is 0.429. The molecule has 0 radical (unpaired) electrons. The largest absolute Gasteiger partial charge is 0.452 e. The van der Waals surface area contributed by atoms with E-state index < -0.39 is 30.0 Å². The van der Waals surface area contributed by atoms with Crippen molar-refractivity contribution in [2.24, 2.45) is 0 Å². The number of rotatable bonds is 9. The number of carbonyl (C=O) groups is 2. The summed E-state index contributed by atoms with van der Waals surface area (Å²) in [6, 6.07) is 9.87. The fourth-order valence-corrected chi connectivity index (χ4v) is 2.38. The van der Waals surface area contributed by atoms with Gasteiger partial charge in [-0.15, -0.1) is 0 Å². The molecule has 1 N–H and O–H groups in total. The van der Waals surface area contributed by atoms with Crippen molar-refractivity contribution in [1.82, 2.24) is 5.32 Å². The number of nitrogens with one attached hydrogen (secondary N) is 1. The standard InChI is InChI=1S/C19H18F2N2O6/c1-12-2-5-14(10-16(12)23(26)27)18(25)28-11-17(24)22-9-8-13-3-6-15(7-4-13)29-19(20)21/h2-7,10,19H,8-9,11H2,1H3,(H,22,24). The van der Waals surface area contributed by atoms with Crippen molar-refractivity contribution in [2.75, 3.05) is 13.2 Å². The van der Waals surface area contributed by atoms with Crippen LogP contribution in [0.1, 0.15) is 21.5 Å². The SMILES string of the molecule is Cc1ccc(C(=O)OCC(=O)NCCc2ccc(OC(F)F)cc2)cc1[N+](=O)[O-]. The number of alkyl halides is 2. The number of nitro groups is 1. The summed E-state index contributed by atoms with van der Waals surface area (Å²) < 4.78 is 33.3. The molecule has 0 atom stereocenters. The molecule has 2 aromatic rings. The van der Waals surface area contributed by atoms with E-state index >= 15 is 0 Å². The van der Waals surface area contributed by atoms with E-state index in [9.17, 15) is 28.5 Å². The van der Waals surface area contributed by atoms with Crippen LogP contribution in [0.2, 0.25) is 0 Å². The highest BCUT2D eigenvalue weighted by Gasteiger charge is 2.16. The Bertz CT molecular complexity index is 887. The van der Waals surface area contributed by atoms with Gasteiger partial charge in [-0.25, -0.2) is 4.79 Å². The van der Waals surface area contributed by atoms with Gasteiger partial charge in [-0.05, 0) is 37.1 Å². The maximum atomic E-state index is 12.1. The molecule has 0 saturated carbocycles. The molecule has 0 bridgehead atoms. The number of amides is 1. The first-order chi connectivity index (χ1) is 13.8. The third-order valence-electron chi connectivity index (χ3n) is 3.86. The van der Waals surface area contributed by atoms with Crippen LogP contribution in [0.3, 0.4) is 0 Å². The number of carbonyl (C=O) groups excluding carboxylic acids is 2. The van der Waals surface area contributed by atoms with Crippen molar-refractivity contribution in [1.29, 1.82) is 0 Å². The predicted octanol–water partition coefficient (Wildman–Crippen LogP) is 3.02. The van der Waals surface area contributed by atoms with Gasteiger partial charge in [-0.2, -0.15) is 8.78 Å². The third kappa shape index (κ3) is 6.83. The van der Waals surface area contributed by atoms with E-state index in [0.717, 1.165) is 11.6 Å². The molecule has 0 fully saturated rings. The maximum Gasteiger partial charge on any atom is 0.387 e. The minimum Gasteiger partial charge on any atom is -0.452 e. The molecule has 10 heteroatoms. The highest BCUT2D eigenvalue weighted by molar-refractivity contribution is 5.92. The van der Waals surface area contributed by atoms with Crippen molar-refractivity contribution < 1.29 is 32.8 Å². The minimum absolute atomic E-state index is 0.0267. The van der Waals surface area contributed by atoms with Crippen LogP contribution in [0, 0.1) is 17.0 Å². The average Bonchev–Trinajstić information content (AvgIpc) is 2.67. The molecule has 0 spiro atoms. The normalized spacial score (nSPS) is 10.5. The van der Waals surface area contributed by atoms with Gasteiger partial charge in [0.2, 0.25) is 0 Å². The van der Waals surface area contributed by atoms with Gasteiger partial charge in [-0.3, -0.25) is 14.9 Å². The van der Waals surface area contributed by atoms with Crippen LogP contribution in [0.15, 0.2) is 42.5 Å². The molecule has 29 heavy (non-hydrogen) atoms. The topological polar surface area (TPSA) is 108 Å². The molecule has 0 saturated heterocycles. The Balaban J connectivity index is 1.76. The lowest BCUT2D eigenvalue weighted by molar-refractivity contribution is -0.385. The number of esters is 1. The highest BCUT2D eigenvalue weighted by atomic mass is 19.3. The summed E-state index contributed by atoms with van der Waals surface area (Å²) >= 11 is 0. The van der Waals surface area contributed by atoms with Gasteiger partial charge in [0.25, 0.3) is 11.6 Å². The van der Waals surface area contributed by atoms with E-state index in [-0.39, 0.29) is 23.5 Å². The zero-order valence-electron chi connectivity index (χ0n) is 15.4. The zero-order valence-corrected chi connectivity index (χ0v) is 15.4. The van der Waals surface area contributed by atoms with Gasteiger partial charge in [-0.1, -0.05) is 18.2 Å². The summed E-state index contributed by atoms with van der Waals surface area (Å²) in [6.45, 7) is -1.66. The molecule has 2 aromatic carbocycles. The molecule has 0 aliphatic rings. The second-order valence-electron chi connectivity index (χ2n) is 5.96. The average molecular weight is 408 g/mol. The fourth-order valence-electron chi connectivity index (χ4n) is 2.38. The Labute approximate surface area is 164 Å². The Morgan fingerprint density at radius 3 is 2.48 bits per heavy atom. The van der Waals surface area contributed by atoms with Gasteiger partial charge in [0, 0.05) is 18.2 Å². The van der Waals surface area contributed by atoms with E-state index in [1.165, 1.54) is 24.3 Å². The lowest BCUT2D eigenvalue weighted by Gasteiger charge is -2.08. The van der Waals surface area contributed by atoms with Gasteiger partial charge in [0.05, 0.1) is 10.5 Å². The fraction of sp³-hybridized carbons (Fsp3) is 0.263. The monoisotopic (exact) mass is 408 g/mol. The first-order valence-corrected chi connectivity index (χ1v) is 8.49. The molecule has 0 aliphatic heterocycles. The van der Waals surface area contributed by atoms with E-state index in [0.29, 0.717) is 12.0 Å². The number of aryl methyl sites for hydroxylation is 1. The van der Waals surface area contributed by atoms with E-state index in [1.54, 1.807) is 19.1 Å². The number of hydrogen-bond donors (Lipinski definition) is 1. The smallest absolute Gasteiger partial charge is 0.387 e. The van der Waals surface area contributed by atoms with E-state index in [4.69, 9.17) is 4.74 Å². The summed E-state index contributed by atoms with van der Waals surface area (Å²) in [5.41, 5.74) is 0.948. The Morgan fingerprint density at radius 1 is 1.17 bits per heavy atom. The number of halogens is 2. The second kappa shape index (κ2) is 10.1. The molecule has 2 rings (SSSR count). The quantitative estimate of drug-likeness (QED) is 0.388. The van der Waals surface area contributed by atoms with Gasteiger partial charge >= 0.3 is 12.6 Å². The summed E-state index contributed by atoms with van der Waals surface area (Å²) in [4.78, 5) is 34.0. The molecule has 154 valence electrons. The first kappa shape index (κ1) is 21.7. The van der Waals surface area contributed by atoms with Crippen LogP contribution in [0.25, 0.3) is 0 Å². The van der Waals surface area contributed by atoms with Crippen LogP contribution >= 0.6 is 0 Å². The number of nitro benzene ring substituents is 1. The molecule has 0 aromatic heterocycles. The van der Waals surface area contributed by atoms with Crippen molar-refractivity contribution >= 4 is 17.6 Å². The highest BCUT2D eigenvalue weighted by Crippen LogP contribution is 2.19. The van der Waals surface area contributed by atoms with Crippen molar-refractivity contribution in [3.63, 3.8) is 0 Å². The maximum absolute atomic E-state index is 12.1. The van der Waals surface area contributed by atoms with Crippen LogP contribution in [-0.4, -0.2) is 36.6 Å². The van der Waals surface area contributed by atoms with Crippen LogP contribution in [-0.2, 0) is 16.0 Å². The predicted molar refractivity (Wildman–Crippen MR) is 97.9 cm³/mol. The molecular formula is C19H18F2N2O6. The Kier molecular flexibility index (Phi) is 7.58. The summed E-state index contributed by atoms with van der Waals surface area (Å²) in [5.74, 6) is -1.36. The second-order valence-corrected chi connectivity index (χ2v) is 5.96. The molecule has 8 nitrogen and oxygen atoms in total. The summed E-state index contributed by atoms with van der Waals surface area (Å²) in [7, 11) is 0.